The van der Waals surface area contributed by atoms with E-state index >= 15 is 4.39 Å². The molecule has 4 atom stereocenters. The number of nitrogens with one attached hydrogen (secondary N) is 1. The molecule has 3 aromatic rings. The molecule has 0 saturated carbocycles. The van der Waals surface area contributed by atoms with Gasteiger partial charge in [-0.3, -0.25) is 14.3 Å². The lowest BCUT2D eigenvalue weighted by atomic mass is 10.00. The van der Waals surface area contributed by atoms with Crippen LogP contribution in [0, 0.1) is 5.92 Å². The molecule has 0 aliphatic carbocycles. The van der Waals surface area contributed by atoms with Crippen LogP contribution < -0.4 is 11.2 Å². The first kappa shape index (κ1) is 23.1. The Morgan fingerprint density at radius 2 is 1.59 bits per heavy atom. The quantitative estimate of drug-likeness (QED) is 0.553. The summed E-state index contributed by atoms with van der Waals surface area (Å²) < 4.78 is 33.3. The Morgan fingerprint density at radius 1 is 1.00 bits per heavy atom. The van der Waals surface area contributed by atoms with Gasteiger partial charge in [0.15, 0.2) is 12.7 Å². The molecule has 1 aliphatic heterocycles. The summed E-state index contributed by atoms with van der Waals surface area (Å²) in [7, 11) is 0. The lowest BCUT2D eigenvalue weighted by molar-refractivity contribution is -0.208. The average molecular weight is 468 g/mol. The highest BCUT2D eigenvalue weighted by Crippen LogP contribution is 2.44. The van der Waals surface area contributed by atoms with Crippen molar-refractivity contribution >= 4 is 11.9 Å². The van der Waals surface area contributed by atoms with Crippen LogP contribution in [0.2, 0.25) is 0 Å². The minimum atomic E-state index is -2.77. The molecule has 10 heteroatoms. The summed E-state index contributed by atoms with van der Waals surface area (Å²) in [4.78, 5) is 50.9. The number of carbonyl (C=O) groups excluding carboxylic acids is 2. The number of aromatic amines is 1. The number of nitrogens with zero attached hydrogens (tertiary/aromatic N) is 1. The molecule has 1 fully saturated rings. The molecule has 2 heterocycles. The van der Waals surface area contributed by atoms with E-state index in [9.17, 15) is 19.2 Å². The number of alkyl halides is 1. The van der Waals surface area contributed by atoms with Crippen molar-refractivity contribution in [2.24, 2.45) is 5.92 Å². The van der Waals surface area contributed by atoms with Crippen molar-refractivity contribution in [2.45, 2.75) is 25.1 Å². The summed E-state index contributed by atoms with van der Waals surface area (Å²) in [5, 5.41) is 0. The number of esters is 2. The average Bonchev–Trinajstić information content (AvgIpc) is 3.09. The van der Waals surface area contributed by atoms with Gasteiger partial charge in [-0.05, 0) is 24.3 Å². The summed E-state index contributed by atoms with van der Waals surface area (Å²) in [6.45, 7) is 0.623. The van der Waals surface area contributed by atoms with E-state index in [0.29, 0.717) is 0 Å². The maximum atomic E-state index is 16.2. The second-order valence-electron chi connectivity index (χ2n) is 7.81. The fraction of sp³-hybridized carbons (Fsp3) is 0.250. The van der Waals surface area contributed by atoms with Gasteiger partial charge < -0.3 is 14.2 Å². The molecule has 0 amide bonds. The number of halogens is 1. The largest absolute Gasteiger partial charge is 0.456 e. The molecule has 1 aromatic heterocycles. The normalized spacial score (nSPS) is 23.9. The van der Waals surface area contributed by atoms with Crippen molar-refractivity contribution in [3.63, 3.8) is 0 Å². The van der Waals surface area contributed by atoms with E-state index in [2.05, 4.69) is 4.98 Å². The molecule has 1 saturated heterocycles. The molecule has 176 valence electrons. The van der Waals surface area contributed by atoms with Crippen LogP contribution in [0.5, 0.6) is 0 Å². The molecule has 1 N–H and O–H groups in total. The van der Waals surface area contributed by atoms with E-state index in [-0.39, 0.29) is 11.1 Å². The number of ether oxygens (including phenoxy) is 3. The Kier molecular flexibility index (Phi) is 6.42. The van der Waals surface area contributed by atoms with Gasteiger partial charge in [0.05, 0.1) is 11.1 Å². The Labute approximate surface area is 192 Å². The van der Waals surface area contributed by atoms with E-state index in [0.717, 1.165) is 16.8 Å². The maximum Gasteiger partial charge on any atom is 0.338 e. The summed E-state index contributed by atoms with van der Waals surface area (Å²) >= 11 is 0. The van der Waals surface area contributed by atoms with E-state index in [4.69, 9.17) is 14.2 Å². The Hall–Kier alpha value is -4.05. The van der Waals surface area contributed by atoms with Gasteiger partial charge in [-0.1, -0.05) is 43.3 Å². The van der Waals surface area contributed by atoms with Crippen LogP contribution in [0.25, 0.3) is 0 Å². The topological polar surface area (TPSA) is 117 Å². The Morgan fingerprint density at radius 3 is 2.18 bits per heavy atom. The van der Waals surface area contributed by atoms with Crippen molar-refractivity contribution in [1.82, 2.24) is 9.55 Å². The molecule has 4 rings (SSSR count). The van der Waals surface area contributed by atoms with Crippen LogP contribution in [-0.4, -0.2) is 40.1 Å². The van der Waals surface area contributed by atoms with Crippen LogP contribution in [0.15, 0.2) is 82.5 Å². The first-order valence-electron chi connectivity index (χ1n) is 10.4. The van der Waals surface area contributed by atoms with Crippen LogP contribution in [0.1, 0.15) is 33.9 Å². The number of carbonyl (C=O) groups is 2. The molecule has 0 unspecified atom stereocenters. The van der Waals surface area contributed by atoms with Crippen molar-refractivity contribution in [3.8, 4) is 0 Å². The van der Waals surface area contributed by atoms with Crippen LogP contribution in [-0.2, 0) is 14.2 Å². The Balaban J connectivity index is 1.62. The summed E-state index contributed by atoms with van der Waals surface area (Å²) in [5.74, 6) is -5.27. The molecule has 9 nitrogen and oxygen atoms in total. The van der Waals surface area contributed by atoms with Gasteiger partial charge in [0.1, 0.15) is 6.23 Å². The van der Waals surface area contributed by atoms with Gasteiger partial charge >= 0.3 is 17.6 Å². The van der Waals surface area contributed by atoms with Crippen molar-refractivity contribution in [1.29, 1.82) is 0 Å². The first-order chi connectivity index (χ1) is 16.3. The van der Waals surface area contributed by atoms with Gasteiger partial charge in [-0.2, -0.15) is 0 Å². The fourth-order valence-corrected chi connectivity index (χ4v) is 3.75. The minimum Gasteiger partial charge on any atom is -0.456 e. The highest BCUT2D eigenvalue weighted by molar-refractivity contribution is 5.90. The van der Waals surface area contributed by atoms with Crippen molar-refractivity contribution < 1.29 is 28.2 Å². The first-order valence-corrected chi connectivity index (χ1v) is 10.4. The number of rotatable bonds is 6. The molecular formula is C24H21FN2O7. The molecule has 0 bridgehead atoms. The Bertz CT molecular complexity index is 1290. The molecular weight excluding hydrogens is 447 g/mol. The predicted octanol–water partition coefficient (Wildman–Crippen LogP) is 2.45. The highest BCUT2D eigenvalue weighted by Gasteiger charge is 2.58. The summed E-state index contributed by atoms with van der Waals surface area (Å²) in [6.07, 6.45) is -1.63. The van der Waals surface area contributed by atoms with E-state index in [1.807, 2.05) is 0 Å². The second-order valence-corrected chi connectivity index (χ2v) is 7.81. The van der Waals surface area contributed by atoms with Gasteiger partial charge in [-0.15, -0.1) is 0 Å². The van der Waals surface area contributed by atoms with Crippen molar-refractivity contribution in [3.05, 3.63) is 105 Å². The van der Waals surface area contributed by atoms with Gasteiger partial charge in [0, 0.05) is 18.2 Å². The molecule has 0 spiro atoms. The van der Waals surface area contributed by atoms with E-state index < -0.39 is 53.9 Å². The van der Waals surface area contributed by atoms with Crippen LogP contribution in [0.3, 0.4) is 0 Å². The third-order valence-electron chi connectivity index (χ3n) is 5.45. The predicted molar refractivity (Wildman–Crippen MR) is 117 cm³/mol. The molecule has 2 aromatic carbocycles. The van der Waals surface area contributed by atoms with E-state index in [1.54, 1.807) is 36.4 Å². The standard InChI is InChI=1S/C24H21FN2O7/c1-15-19(33-22(30)17-10-6-3-7-11-17)24(25,14-32-21(29)16-8-4-2-5-9-16)34-20(15)27-13-12-18(28)26-23(27)31/h2-13,15,19-20H,14H2,1H3,(H,26,28,31)/t15-,19-,20+,24+/m0/s1. The smallest absolute Gasteiger partial charge is 0.338 e. The van der Waals surface area contributed by atoms with Gasteiger partial charge in [-0.25, -0.2) is 18.8 Å². The zero-order valence-electron chi connectivity index (χ0n) is 18.1. The molecule has 0 radical (unpaired) electrons. The highest BCUT2D eigenvalue weighted by atomic mass is 19.2. The zero-order valence-corrected chi connectivity index (χ0v) is 18.1. The van der Waals surface area contributed by atoms with Crippen molar-refractivity contribution in [2.75, 3.05) is 6.61 Å². The second kappa shape index (κ2) is 9.44. The summed E-state index contributed by atoms with van der Waals surface area (Å²) in [6, 6.07) is 17.0. The van der Waals surface area contributed by atoms with E-state index in [1.165, 1.54) is 31.2 Å². The SMILES string of the molecule is C[C@@H]1[C@H](n2ccc(=O)[nH]c2=O)O[C@](F)(COC(=O)c2ccccc2)[C@H]1OC(=O)c1ccccc1. The summed E-state index contributed by atoms with van der Waals surface area (Å²) in [5.41, 5.74) is -1.09. The van der Waals surface area contributed by atoms with Gasteiger partial charge in [0.2, 0.25) is 0 Å². The number of benzene rings is 2. The number of aromatic nitrogens is 2. The number of hydrogen-bond acceptors (Lipinski definition) is 7. The number of hydrogen-bond donors (Lipinski definition) is 1. The fourth-order valence-electron chi connectivity index (χ4n) is 3.75. The lowest BCUT2D eigenvalue weighted by Gasteiger charge is -2.26. The van der Waals surface area contributed by atoms with Gasteiger partial charge in [0.25, 0.3) is 11.4 Å². The third-order valence-corrected chi connectivity index (χ3v) is 5.45. The monoisotopic (exact) mass is 468 g/mol. The third kappa shape index (κ3) is 4.67. The molecule has 34 heavy (non-hydrogen) atoms. The number of H-pyrrole nitrogens is 1. The van der Waals surface area contributed by atoms with Crippen LogP contribution >= 0.6 is 0 Å². The lowest BCUT2D eigenvalue weighted by Crippen LogP contribution is -2.44. The maximum absolute atomic E-state index is 16.2. The molecule has 1 aliphatic rings. The zero-order chi connectivity index (χ0) is 24.3. The minimum absolute atomic E-state index is 0.183. The van der Waals surface area contributed by atoms with Crippen LogP contribution in [0.4, 0.5) is 4.39 Å².